The van der Waals surface area contributed by atoms with Gasteiger partial charge in [-0.2, -0.15) is 9.61 Å². The van der Waals surface area contributed by atoms with Crippen molar-refractivity contribution in [3.05, 3.63) is 57.6 Å². The fourth-order valence-corrected chi connectivity index (χ4v) is 3.25. The number of benzene rings is 1. The molecule has 0 spiro atoms. The van der Waals surface area contributed by atoms with Crippen LogP contribution in [0.4, 0.5) is 5.82 Å². The summed E-state index contributed by atoms with van der Waals surface area (Å²) in [6.07, 6.45) is 3.41. The predicted molar refractivity (Wildman–Crippen MR) is 99.5 cm³/mol. The molecule has 0 aliphatic carbocycles. The molecule has 3 aromatic heterocycles. The lowest BCUT2D eigenvalue weighted by Crippen LogP contribution is -2.16. The Hall–Kier alpha value is -2.58. The monoisotopic (exact) mass is 372 g/mol. The van der Waals surface area contributed by atoms with Crippen molar-refractivity contribution in [3.63, 3.8) is 0 Å². The van der Waals surface area contributed by atoms with Crippen LogP contribution in [0.15, 0.2) is 46.6 Å². The molecule has 0 atom stereocenters. The molecular formula is C16H13ClN6OS. The summed E-state index contributed by atoms with van der Waals surface area (Å²) in [6, 6.07) is 8.99. The van der Waals surface area contributed by atoms with Gasteiger partial charge in [-0.25, -0.2) is 9.97 Å². The molecule has 126 valence electrons. The summed E-state index contributed by atoms with van der Waals surface area (Å²) in [7, 11) is 0. The molecule has 9 heteroatoms. The van der Waals surface area contributed by atoms with Crippen molar-refractivity contribution < 1.29 is 0 Å². The zero-order valence-corrected chi connectivity index (χ0v) is 14.7. The number of hydrogen-bond donors (Lipinski definition) is 2. The maximum atomic E-state index is 12.3. The molecule has 0 saturated heterocycles. The number of aromatic nitrogens is 5. The van der Waals surface area contributed by atoms with Crippen LogP contribution in [-0.2, 0) is 6.54 Å². The fourth-order valence-electron chi connectivity index (χ4n) is 2.56. The number of fused-ring (bicyclic) bond motifs is 2. The van der Waals surface area contributed by atoms with Gasteiger partial charge in [0.25, 0.3) is 5.56 Å². The number of thioether (sulfide) groups is 1. The Balaban J connectivity index is 1.66. The number of anilines is 1. The highest BCUT2D eigenvalue weighted by Crippen LogP contribution is 2.19. The maximum Gasteiger partial charge on any atom is 0.253 e. The molecule has 3 heterocycles. The molecule has 25 heavy (non-hydrogen) atoms. The van der Waals surface area contributed by atoms with Gasteiger partial charge in [-0.3, -0.25) is 4.79 Å². The molecule has 0 unspecified atom stereocenters. The number of nitrogens with one attached hydrogen (secondary N) is 2. The number of aromatic amines is 1. The molecule has 0 saturated carbocycles. The molecule has 0 amide bonds. The zero-order valence-electron chi connectivity index (χ0n) is 13.2. The summed E-state index contributed by atoms with van der Waals surface area (Å²) >= 11 is 7.50. The highest BCUT2D eigenvalue weighted by Gasteiger charge is 2.08. The van der Waals surface area contributed by atoms with E-state index >= 15 is 0 Å². The number of pyridine rings is 1. The first-order valence-corrected chi connectivity index (χ1v) is 9.04. The van der Waals surface area contributed by atoms with Crippen molar-refractivity contribution in [2.45, 2.75) is 11.7 Å². The highest BCUT2D eigenvalue weighted by molar-refractivity contribution is 7.98. The minimum Gasteiger partial charge on any atom is -0.366 e. The van der Waals surface area contributed by atoms with Gasteiger partial charge in [-0.1, -0.05) is 23.4 Å². The van der Waals surface area contributed by atoms with Crippen LogP contribution in [0.5, 0.6) is 0 Å². The van der Waals surface area contributed by atoms with Gasteiger partial charge in [0.1, 0.15) is 12.1 Å². The largest absolute Gasteiger partial charge is 0.366 e. The molecular weight excluding hydrogens is 360 g/mol. The summed E-state index contributed by atoms with van der Waals surface area (Å²) < 4.78 is 1.67. The number of hydrogen-bond acceptors (Lipinski definition) is 6. The summed E-state index contributed by atoms with van der Waals surface area (Å²) in [6.45, 7) is 0.336. The van der Waals surface area contributed by atoms with E-state index in [2.05, 4.69) is 25.4 Å². The lowest BCUT2D eigenvalue weighted by Gasteiger charge is -2.08. The predicted octanol–water partition coefficient (Wildman–Crippen LogP) is 2.95. The van der Waals surface area contributed by atoms with Crippen LogP contribution in [-0.4, -0.2) is 30.8 Å². The van der Waals surface area contributed by atoms with E-state index in [4.69, 9.17) is 11.6 Å². The molecule has 2 N–H and O–H groups in total. The number of nitrogens with zero attached hydrogens (tertiary/aromatic N) is 4. The van der Waals surface area contributed by atoms with Crippen molar-refractivity contribution >= 4 is 45.7 Å². The molecule has 4 aromatic rings. The van der Waals surface area contributed by atoms with E-state index in [-0.39, 0.29) is 5.56 Å². The summed E-state index contributed by atoms with van der Waals surface area (Å²) in [5.74, 6) is 0.635. The average molecular weight is 373 g/mol. The summed E-state index contributed by atoms with van der Waals surface area (Å²) in [4.78, 5) is 23.8. The Morgan fingerprint density at radius 3 is 3.04 bits per heavy atom. The van der Waals surface area contributed by atoms with Crippen molar-refractivity contribution in [3.8, 4) is 0 Å². The second-order valence-corrected chi connectivity index (χ2v) is 6.58. The van der Waals surface area contributed by atoms with Crippen LogP contribution < -0.4 is 10.9 Å². The third-order valence-corrected chi connectivity index (χ3v) is 4.63. The highest BCUT2D eigenvalue weighted by atomic mass is 35.5. The molecule has 0 fully saturated rings. The van der Waals surface area contributed by atoms with E-state index in [9.17, 15) is 4.79 Å². The minimum absolute atomic E-state index is 0.143. The van der Waals surface area contributed by atoms with Crippen molar-refractivity contribution in [1.29, 1.82) is 0 Å². The van der Waals surface area contributed by atoms with E-state index in [1.165, 1.54) is 18.1 Å². The van der Waals surface area contributed by atoms with Crippen LogP contribution in [0, 0.1) is 0 Å². The lowest BCUT2D eigenvalue weighted by atomic mass is 10.1. The smallest absolute Gasteiger partial charge is 0.253 e. The Morgan fingerprint density at radius 2 is 2.20 bits per heavy atom. The normalized spacial score (nSPS) is 11.3. The van der Waals surface area contributed by atoms with E-state index in [1.807, 2.05) is 18.4 Å². The van der Waals surface area contributed by atoms with Crippen molar-refractivity contribution in [1.82, 2.24) is 24.6 Å². The van der Waals surface area contributed by atoms with Crippen LogP contribution in [0.2, 0.25) is 5.02 Å². The van der Waals surface area contributed by atoms with E-state index in [1.54, 1.807) is 22.7 Å². The molecule has 1 aromatic carbocycles. The standard InChI is InChI=1S/C16H13ClN6OS/c1-25-16-22-13(6-14-19-8-20-23(14)16)18-7-10-4-9-5-11(17)2-3-12(9)21-15(10)24/h2-6,8,18H,7H2,1H3,(H,21,24). The molecule has 0 aliphatic rings. The number of rotatable bonds is 4. The van der Waals surface area contributed by atoms with Crippen molar-refractivity contribution in [2.75, 3.05) is 11.6 Å². The molecule has 4 rings (SSSR count). The summed E-state index contributed by atoms with van der Waals surface area (Å²) in [5, 5.41) is 9.54. The average Bonchev–Trinajstić information content (AvgIpc) is 3.08. The van der Waals surface area contributed by atoms with Gasteiger partial charge in [0.15, 0.2) is 10.8 Å². The van der Waals surface area contributed by atoms with Gasteiger partial charge in [0, 0.05) is 34.1 Å². The third-order valence-electron chi connectivity index (χ3n) is 3.76. The SMILES string of the molecule is CSc1nc(NCc2cc3cc(Cl)ccc3[nH]c2=O)cc2ncnn12. The lowest BCUT2D eigenvalue weighted by molar-refractivity contribution is 0.795. The second kappa shape index (κ2) is 6.38. The van der Waals surface area contributed by atoms with Crippen molar-refractivity contribution in [2.24, 2.45) is 0 Å². The van der Waals surface area contributed by atoms with Gasteiger partial charge < -0.3 is 10.3 Å². The first kappa shape index (κ1) is 15.9. The Labute approximate surface area is 151 Å². The van der Waals surface area contributed by atoms with E-state index in [0.717, 1.165) is 16.1 Å². The molecule has 0 bridgehead atoms. The number of H-pyrrole nitrogens is 1. The zero-order chi connectivity index (χ0) is 17.4. The maximum absolute atomic E-state index is 12.3. The Kier molecular flexibility index (Phi) is 4.06. The molecule has 0 radical (unpaired) electrons. The van der Waals surface area contributed by atoms with Gasteiger partial charge in [0.2, 0.25) is 0 Å². The minimum atomic E-state index is -0.143. The quantitative estimate of drug-likeness (QED) is 0.423. The van der Waals surface area contributed by atoms with Gasteiger partial charge in [-0.15, -0.1) is 0 Å². The van der Waals surface area contributed by atoms with E-state index in [0.29, 0.717) is 28.6 Å². The van der Waals surface area contributed by atoms with E-state index < -0.39 is 0 Å². The number of halogens is 1. The topological polar surface area (TPSA) is 88.0 Å². The third kappa shape index (κ3) is 3.06. The van der Waals surface area contributed by atoms with Crippen LogP contribution in [0.3, 0.4) is 0 Å². The van der Waals surface area contributed by atoms with Crippen LogP contribution in [0.25, 0.3) is 16.6 Å². The van der Waals surface area contributed by atoms with Crippen LogP contribution >= 0.6 is 23.4 Å². The molecule has 7 nitrogen and oxygen atoms in total. The first-order valence-electron chi connectivity index (χ1n) is 7.44. The first-order chi connectivity index (χ1) is 12.1. The Bertz CT molecular complexity index is 1140. The van der Waals surface area contributed by atoms with Gasteiger partial charge in [-0.05, 0) is 30.5 Å². The fraction of sp³-hybridized carbons (Fsp3) is 0.125. The van der Waals surface area contributed by atoms with Gasteiger partial charge in [0.05, 0.1) is 0 Å². The summed E-state index contributed by atoms with van der Waals surface area (Å²) in [5.41, 5.74) is 1.91. The van der Waals surface area contributed by atoms with Crippen LogP contribution in [0.1, 0.15) is 5.56 Å². The second-order valence-electron chi connectivity index (χ2n) is 5.37. The molecule has 0 aliphatic heterocycles. The van der Waals surface area contributed by atoms with Gasteiger partial charge >= 0.3 is 0 Å². The Morgan fingerprint density at radius 1 is 1.32 bits per heavy atom.